The lowest BCUT2D eigenvalue weighted by molar-refractivity contribution is 0.0994. The van der Waals surface area contributed by atoms with Crippen molar-refractivity contribution in [2.75, 3.05) is 11.9 Å². The van der Waals surface area contributed by atoms with Crippen LogP contribution in [0.15, 0.2) is 30.6 Å². The van der Waals surface area contributed by atoms with E-state index in [1.165, 1.54) is 0 Å². The molecule has 2 aromatic rings. The third-order valence-corrected chi connectivity index (χ3v) is 2.61. The first-order chi connectivity index (χ1) is 9.15. The number of carbonyl (C=O) groups is 1. The molecular weight excluding hydrogens is 244 g/mol. The third-order valence-electron chi connectivity index (χ3n) is 2.61. The zero-order valence-electron chi connectivity index (χ0n) is 10.7. The van der Waals surface area contributed by atoms with Crippen LogP contribution in [0.2, 0.25) is 0 Å². The summed E-state index contributed by atoms with van der Waals surface area (Å²) in [5, 5.41) is 14.9. The summed E-state index contributed by atoms with van der Waals surface area (Å²) in [5.74, 6) is 0.431. The summed E-state index contributed by atoms with van der Waals surface area (Å²) in [6, 6.07) is 5.14. The van der Waals surface area contributed by atoms with E-state index in [-0.39, 0.29) is 5.69 Å². The van der Waals surface area contributed by atoms with E-state index in [2.05, 4.69) is 27.5 Å². The molecule has 0 aliphatic rings. The van der Waals surface area contributed by atoms with Crippen molar-refractivity contribution in [2.45, 2.75) is 13.5 Å². The molecule has 1 atom stereocenters. The van der Waals surface area contributed by atoms with Gasteiger partial charge in [0.25, 0.3) is 5.91 Å². The molecule has 100 valence electrons. The van der Waals surface area contributed by atoms with E-state index in [9.17, 15) is 4.79 Å². The van der Waals surface area contributed by atoms with Crippen LogP contribution < -0.4 is 11.1 Å². The fraction of sp³-hybridized carbons (Fsp3) is 0.333. The molecule has 0 saturated carbocycles. The van der Waals surface area contributed by atoms with Gasteiger partial charge in [0.05, 0.1) is 0 Å². The van der Waals surface area contributed by atoms with Crippen molar-refractivity contribution < 1.29 is 4.79 Å². The normalized spacial score (nSPS) is 12.1. The van der Waals surface area contributed by atoms with E-state index in [1.54, 1.807) is 18.3 Å². The minimum Gasteiger partial charge on any atom is -0.368 e. The van der Waals surface area contributed by atoms with E-state index in [0.29, 0.717) is 11.7 Å². The van der Waals surface area contributed by atoms with E-state index >= 15 is 0 Å². The number of nitrogens with two attached hydrogens (primary N) is 1. The highest BCUT2D eigenvalue weighted by Crippen LogP contribution is 2.05. The number of hydrogen-bond donors (Lipinski definition) is 2. The molecule has 0 saturated heterocycles. The molecule has 3 N–H and O–H groups in total. The van der Waals surface area contributed by atoms with Crippen molar-refractivity contribution >= 4 is 11.7 Å². The smallest absolute Gasteiger partial charge is 0.269 e. The standard InChI is InChI=1S/C12H16N6O/c1-9(8-18-6-2-5-15-18)7-14-11-4-3-10(12(13)19)16-17-11/h2-6,9H,7-8H2,1H3,(H2,13,19)(H,14,17). The average molecular weight is 260 g/mol. The molecule has 0 spiro atoms. The van der Waals surface area contributed by atoms with Crippen LogP contribution in [-0.2, 0) is 6.54 Å². The van der Waals surface area contributed by atoms with Gasteiger partial charge in [-0.15, -0.1) is 10.2 Å². The lowest BCUT2D eigenvalue weighted by atomic mass is 10.2. The van der Waals surface area contributed by atoms with Gasteiger partial charge in [0.15, 0.2) is 5.69 Å². The highest BCUT2D eigenvalue weighted by molar-refractivity contribution is 5.90. The zero-order chi connectivity index (χ0) is 13.7. The lowest BCUT2D eigenvalue weighted by Gasteiger charge is -2.12. The average Bonchev–Trinajstić information content (AvgIpc) is 2.89. The SMILES string of the molecule is CC(CNc1ccc(C(N)=O)nn1)Cn1cccn1. The van der Waals surface area contributed by atoms with Crippen LogP contribution >= 0.6 is 0 Å². The maximum atomic E-state index is 10.8. The number of carbonyl (C=O) groups excluding carboxylic acids is 1. The highest BCUT2D eigenvalue weighted by Gasteiger charge is 2.06. The van der Waals surface area contributed by atoms with Gasteiger partial charge in [0.1, 0.15) is 5.82 Å². The summed E-state index contributed by atoms with van der Waals surface area (Å²) < 4.78 is 1.88. The van der Waals surface area contributed by atoms with Crippen molar-refractivity contribution in [3.8, 4) is 0 Å². The molecule has 19 heavy (non-hydrogen) atoms. The molecule has 0 bridgehead atoms. The molecule has 7 nitrogen and oxygen atoms in total. The Balaban J connectivity index is 1.83. The molecule has 1 amide bonds. The summed E-state index contributed by atoms with van der Waals surface area (Å²) >= 11 is 0. The number of amides is 1. The second kappa shape index (κ2) is 5.94. The molecule has 7 heteroatoms. The molecular formula is C12H16N6O. The van der Waals surface area contributed by atoms with Crippen LogP contribution in [0, 0.1) is 5.92 Å². The van der Waals surface area contributed by atoms with Gasteiger partial charge in [-0.25, -0.2) is 0 Å². The Morgan fingerprint density at radius 1 is 1.47 bits per heavy atom. The van der Waals surface area contributed by atoms with Crippen LogP contribution in [0.3, 0.4) is 0 Å². The third kappa shape index (κ3) is 3.77. The number of nitrogens with one attached hydrogen (secondary N) is 1. The molecule has 0 aromatic carbocycles. The molecule has 0 aliphatic heterocycles. The number of aromatic nitrogens is 4. The van der Waals surface area contributed by atoms with Crippen molar-refractivity contribution in [1.29, 1.82) is 0 Å². The Morgan fingerprint density at radius 2 is 2.32 bits per heavy atom. The Hall–Kier alpha value is -2.44. The zero-order valence-corrected chi connectivity index (χ0v) is 10.7. The van der Waals surface area contributed by atoms with Gasteiger partial charge < -0.3 is 11.1 Å². The summed E-state index contributed by atoms with van der Waals surface area (Å²) in [7, 11) is 0. The maximum absolute atomic E-state index is 10.8. The number of nitrogens with zero attached hydrogens (tertiary/aromatic N) is 4. The Kier molecular flexibility index (Phi) is 4.07. The van der Waals surface area contributed by atoms with Crippen LogP contribution in [0.1, 0.15) is 17.4 Å². The number of hydrogen-bond acceptors (Lipinski definition) is 5. The topological polar surface area (TPSA) is 98.7 Å². The molecule has 0 fully saturated rings. The molecule has 0 radical (unpaired) electrons. The Morgan fingerprint density at radius 3 is 2.89 bits per heavy atom. The molecule has 1 unspecified atom stereocenters. The van der Waals surface area contributed by atoms with E-state index < -0.39 is 5.91 Å². The van der Waals surface area contributed by atoms with Gasteiger partial charge in [-0.1, -0.05) is 6.92 Å². The van der Waals surface area contributed by atoms with Crippen molar-refractivity contribution in [3.05, 3.63) is 36.3 Å². The van der Waals surface area contributed by atoms with Crippen LogP contribution in [0.25, 0.3) is 0 Å². The minimum absolute atomic E-state index is 0.162. The first-order valence-corrected chi connectivity index (χ1v) is 6.00. The monoisotopic (exact) mass is 260 g/mol. The van der Waals surface area contributed by atoms with E-state index in [4.69, 9.17) is 5.73 Å². The molecule has 2 aromatic heterocycles. The van der Waals surface area contributed by atoms with Gasteiger partial charge >= 0.3 is 0 Å². The number of rotatable bonds is 6. The first kappa shape index (κ1) is 13.0. The van der Waals surface area contributed by atoms with Gasteiger partial charge in [-0.2, -0.15) is 5.10 Å². The molecule has 2 rings (SSSR count). The largest absolute Gasteiger partial charge is 0.368 e. The van der Waals surface area contributed by atoms with E-state index in [0.717, 1.165) is 13.1 Å². The number of primary amides is 1. The Labute approximate surface area is 110 Å². The summed E-state index contributed by atoms with van der Waals surface area (Å²) in [6.45, 7) is 3.68. The minimum atomic E-state index is -0.578. The fourth-order valence-corrected chi connectivity index (χ4v) is 1.63. The summed E-state index contributed by atoms with van der Waals surface area (Å²) in [4.78, 5) is 10.8. The van der Waals surface area contributed by atoms with Crippen LogP contribution in [-0.4, -0.2) is 32.4 Å². The van der Waals surface area contributed by atoms with Crippen LogP contribution in [0.5, 0.6) is 0 Å². The quantitative estimate of drug-likeness (QED) is 0.789. The second-order valence-electron chi connectivity index (χ2n) is 4.38. The molecule has 2 heterocycles. The lowest BCUT2D eigenvalue weighted by Crippen LogP contribution is -2.19. The van der Waals surface area contributed by atoms with Gasteiger partial charge in [0, 0.05) is 25.5 Å². The maximum Gasteiger partial charge on any atom is 0.269 e. The first-order valence-electron chi connectivity index (χ1n) is 6.00. The second-order valence-corrected chi connectivity index (χ2v) is 4.38. The summed E-state index contributed by atoms with van der Waals surface area (Å²) in [5.41, 5.74) is 5.25. The summed E-state index contributed by atoms with van der Waals surface area (Å²) in [6.07, 6.45) is 3.69. The van der Waals surface area contributed by atoms with Gasteiger partial charge in [-0.05, 0) is 24.1 Å². The fourth-order valence-electron chi connectivity index (χ4n) is 1.63. The predicted molar refractivity (Wildman–Crippen MR) is 70.4 cm³/mol. The molecule has 0 aliphatic carbocycles. The van der Waals surface area contributed by atoms with Gasteiger partial charge in [0.2, 0.25) is 0 Å². The van der Waals surface area contributed by atoms with Crippen molar-refractivity contribution in [2.24, 2.45) is 11.7 Å². The Bertz CT molecular complexity index is 522. The predicted octanol–water partition coefficient (Wildman–Crippen LogP) is 0.520. The highest BCUT2D eigenvalue weighted by atomic mass is 16.1. The van der Waals surface area contributed by atoms with Gasteiger partial charge in [-0.3, -0.25) is 9.48 Å². The van der Waals surface area contributed by atoms with Crippen molar-refractivity contribution in [1.82, 2.24) is 20.0 Å². The van der Waals surface area contributed by atoms with E-state index in [1.807, 2.05) is 16.9 Å². The van der Waals surface area contributed by atoms with Crippen LogP contribution in [0.4, 0.5) is 5.82 Å². The number of anilines is 1. The van der Waals surface area contributed by atoms with Crippen molar-refractivity contribution in [3.63, 3.8) is 0 Å².